The fraction of sp³-hybridized carbons (Fsp3) is 0.647. The maximum absolute atomic E-state index is 12.8. The largest absolute Gasteiger partial charge is 0.416 e. The van der Waals surface area contributed by atoms with Gasteiger partial charge in [-0.3, -0.25) is 0 Å². The first-order valence-corrected chi connectivity index (χ1v) is 8.09. The molecule has 2 aliphatic heterocycles. The Bertz CT molecular complexity index is 535. The highest BCUT2D eigenvalue weighted by atomic mass is 19.4. The van der Waals surface area contributed by atoms with Crippen LogP contribution in [-0.2, 0) is 10.9 Å². The molecular formula is C17H23F3N2O. The van der Waals surface area contributed by atoms with Crippen LogP contribution in [0.4, 0.5) is 18.9 Å². The Kier molecular flexibility index (Phi) is 4.56. The summed E-state index contributed by atoms with van der Waals surface area (Å²) in [6.45, 7) is 6.34. The third-order valence-electron chi connectivity index (χ3n) is 4.75. The van der Waals surface area contributed by atoms with Crippen molar-refractivity contribution in [1.29, 1.82) is 0 Å². The Morgan fingerprint density at radius 3 is 2.52 bits per heavy atom. The Morgan fingerprint density at radius 2 is 1.96 bits per heavy atom. The normalized spacial score (nSPS) is 22.0. The molecule has 2 aliphatic rings. The number of anilines is 1. The van der Waals surface area contributed by atoms with Crippen LogP contribution >= 0.6 is 0 Å². The lowest BCUT2D eigenvalue weighted by atomic mass is 9.88. The van der Waals surface area contributed by atoms with Crippen LogP contribution in [-0.4, -0.2) is 38.9 Å². The van der Waals surface area contributed by atoms with Gasteiger partial charge in [0, 0.05) is 36.8 Å². The minimum absolute atomic E-state index is 0.248. The molecule has 0 aliphatic carbocycles. The van der Waals surface area contributed by atoms with Crippen molar-refractivity contribution < 1.29 is 17.9 Å². The molecule has 1 aromatic rings. The van der Waals surface area contributed by atoms with Crippen LogP contribution in [0.5, 0.6) is 0 Å². The third-order valence-corrected chi connectivity index (χ3v) is 4.75. The van der Waals surface area contributed by atoms with Gasteiger partial charge in [0.15, 0.2) is 0 Å². The number of hydrogen-bond acceptors (Lipinski definition) is 3. The zero-order valence-corrected chi connectivity index (χ0v) is 13.3. The maximum Gasteiger partial charge on any atom is 0.416 e. The molecule has 0 atom stereocenters. The minimum Gasteiger partial charge on any atom is -0.380 e. The van der Waals surface area contributed by atoms with Crippen molar-refractivity contribution in [1.82, 2.24) is 5.32 Å². The van der Waals surface area contributed by atoms with Gasteiger partial charge in [0.2, 0.25) is 0 Å². The van der Waals surface area contributed by atoms with Gasteiger partial charge < -0.3 is 15.0 Å². The molecule has 2 saturated heterocycles. The summed E-state index contributed by atoms with van der Waals surface area (Å²) in [6.07, 6.45) is -2.38. The van der Waals surface area contributed by atoms with E-state index in [2.05, 4.69) is 12.2 Å². The topological polar surface area (TPSA) is 24.5 Å². The molecule has 0 radical (unpaired) electrons. The number of piperidine rings is 1. The molecule has 1 N–H and O–H groups in total. The average Bonchev–Trinajstić information content (AvgIpc) is 2.51. The number of hydrogen-bond donors (Lipinski definition) is 1. The number of nitrogens with zero attached hydrogens (tertiary/aromatic N) is 1. The molecule has 2 heterocycles. The number of benzene rings is 1. The second-order valence-corrected chi connectivity index (χ2v) is 6.99. The molecule has 2 fully saturated rings. The van der Waals surface area contributed by atoms with E-state index >= 15 is 0 Å². The number of ether oxygens (including phenoxy) is 1. The predicted molar refractivity (Wildman–Crippen MR) is 83.6 cm³/mol. The number of alkyl halides is 3. The van der Waals surface area contributed by atoms with E-state index in [1.807, 2.05) is 4.90 Å². The van der Waals surface area contributed by atoms with E-state index in [1.54, 1.807) is 6.07 Å². The summed E-state index contributed by atoms with van der Waals surface area (Å²) in [5.74, 6) is 0. The monoisotopic (exact) mass is 328 g/mol. The highest BCUT2D eigenvalue weighted by molar-refractivity contribution is 5.49. The average molecular weight is 328 g/mol. The van der Waals surface area contributed by atoms with Crippen LogP contribution < -0.4 is 10.2 Å². The van der Waals surface area contributed by atoms with Crippen molar-refractivity contribution >= 4 is 5.69 Å². The second kappa shape index (κ2) is 6.32. The van der Waals surface area contributed by atoms with Gasteiger partial charge in [-0.05, 0) is 31.0 Å². The highest BCUT2D eigenvalue weighted by Crippen LogP contribution is 2.32. The minimum atomic E-state index is -4.28. The molecule has 0 bridgehead atoms. The fourth-order valence-corrected chi connectivity index (χ4v) is 3.16. The highest BCUT2D eigenvalue weighted by Gasteiger charge is 2.34. The Balaban J connectivity index is 1.52. The third kappa shape index (κ3) is 3.98. The van der Waals surface area contributed by atoms with E-state index in [0.717, 1.165) is 51.8 Å². The van der Waals surface area contributed by atoms with Gasteiger partial charge >= 0.3 is 6.18 Å². The van der Waals surface area contributed by atoms with Gasteiger partial charge in [0.1, 0.15) is 0 Å². The summed E-state index contributed by atoms with van der Waals surface area (Å²) in [7, 11) is 0. The SMILES string of the molecule is CC1(CNC2CCN(c3cccc(C(F)(F)F)c3)CC2)COC1. The molecule has 3 rings (SSSR count). The van der Waals surface area contributed by atoms with Gasteiger partial charge in [-0.2, -0.15) is 13.2 Å². The molecule has 23 heavy (non-hydrogen) atoms. The molecule has 0 spiro atoms. The van der Waals surface area contributed by atoms with Crippen molar-refractivity contribution in [3.05, 3.63) is 29.8 Å². The van der Waals surface area contributed by atoms with E-state index < -0.39 is 11.7 Å². The van der Waals surface area contributed by atoms with E-state index in [4.69, 9.17) is 4.74 Å². The smallest absolute Gasteiger partial charge is 0.380 e. The number of halogens is 3. The summed E-state index contributed by atoms with van der Waals surface area (Å²) >= 11 is 0. The molecule has 3 nitrogen and oxygen atoms in total. The summed E-state index contributed by atoms with van der Waals surface area (Å²) < 4.78 is 43.7. The van der Waals surface area contributed by atoms with Crippen LogP contribution in [0.1, 0.15) is 25.3 Å². The van der Waals surface area contributed by atoms with E-state index in [1.165, 1.54) is 12.1 Å². The predicted octanol–water partition coefficient (Wildman–Crippen LogP) is 3.30. The molecule has 0 amide bonds. The van der Waals surface area contributed by atoms with Crippen LogP contribution in [0, 0.1) is 5.41 Å². The fourth-order valence-electron chi connectivity index (χ4n) is 3.16. The van der Waals surface area contributed by atoms with E-state index in [0.29, 0.717) is 11.7 Å². The molecular weight excluding hydrogens is 305 g/mol. The standard InChI is InChI=1S/C17H23F3N2O/c1-16(11-23-12-16)10-21-14-5-7-22(8-6-14)15-4-2-3-13(9-15)17(18,19)20/h2-4,9,14,21H,5-8,10-12H2,1H3. The number of rotatable bonds is 4. The van der Waals surface area contributed by atoms with Crippen molar-refractivity contribution in [2.45, 2.75) is 32.0 Å². The molecule has 0 unspecified atom stereocenters. The first-order valence-electron chi connectivity index (χ1n) is 8.09. The van der Waals surface area contributed by atoms with Crippen LogP contribution in [0.15, 0.2) is 24.3 Å². The zero-order valence-electron chi connectivity index (χ0n) is 13.3. The molecule has 0 aromatic heterocycles. The van der Waals surface area contributed by atoms with E-state index in [-0.39, 0.29) is 5.41 Å². The van der Waals surface area contributed by atoms with Crippen LogP contribution in [0.2, 0.25) is 0 Å². The molecule has 1 aromatic carbocycles. The van der Waals surface area contributed by atoms with Crippen LogP contribution in [0.25, 0.3) is 0 Å². The lowest BCUT2D eigenvalue weighted by Crippen LogP contribution is -2.51. The van der Waals surface area contributed by atoms with Gasteiger partial charge in [0.05, 0.1) is 18.8 Å². The van der Waals surface area contributed by atoms with Gasteiger partial charge in [-0.25, -0.2) is 0 Å². The van der Waals surface area contributed by atoms with Crippen molar-refractivity contribution in [3.8, 4) is 0 Å². The Hall–Kier alpha value is -1.27. The second-order valence-electron chi connectivity index (χ2n) is 6.99. The number of nitrogens with one attached hydrogen (secondary N) is 1. The first kappa shape index (κ1) is 16.6. The van der Waals surface area contributed by atoms with Gasteiger partial charge in [0.25, 0.3) is 0 Å². The quantitative estimate of drug-likeness (QED) is 0.918. The lowest BCUT2D eigenvalue weighted by Gasteiger charge is -2.41. The summed E-state index contributed by atoms with van der Waals surface area (Å²) in [4.78, 5) is 2.04. The zero-order chi connectivity index (χ0) is 16.5. The summed E-state index contributed by atoms with van der Waals surface area (Å²) in [5, 5.41) is 3.59. The lowest BCUT2D eigenvalue weighted by molar-refractivity contribution is -0.137. The Labute approximate surface area is 134 Å². The summed E-state index contributed by atoms with van der Waals surface area (Å²) in [6, 6.07) is 6.06. The van der Waals surface area contributed by atoms with Crippen LogP contribution in [0.3, 0.4) is 0 Å². The maximum atomic E-state index is 12.8. The summed E-state index contributed by atoms with van der Waals surface area (Å²) in [5.41, 5.74) is 0.337. The van der Waals surface area contributed by atoms with Crippen molar-refractivity contribution in [3.63, 3.8) is 0 Å². The van der Waals surface area contributed by atoms with Crippen molar-refractivity contribution in [2.24, 2.45) is 5.41 Å². The van der Waals surface area contributed by atoms with Crippen molar-refractivity contribution in [2.75, 3.05) is 37.7 Å². The van der Waals surface area contributed by atoms with Gasteiger partial charge in [-0.15, -0.1) is 0 Å². The molecule has 6 heteroatoms. The molecule has 0 saturated carbocycles. The van der Waals surface area contributed by atoms with E-state index in [9.17, 15) is 13.2 Å². The molecule has 128 valence electrons. The van der Waals surface area contributed by atoms with Gasteiger partial charge in [-0.1, -0.05) is 13.0 Å². The Morgan fingerprint density at radius 1 is 1.26 bits per heavy atom. The first-order chi connectivity index (χ1) is 10.9.